The number of fused-ring (bicyclic) bond motifs is 1. The van der Waals surface area contributed by atoms with Gasteiger partial charge in [0.2, 0.25) is 5.76 Å². The molecule has 0 unspecified atom stereocenters. The van der Waals surface area contributed by atoms with E-state index in [-0.39, 0.29) is 11.5 Å². The summed E-state index contributed by atoms with van der Waals surface area (Å²) >= 11 is 0. The molecule has 0 saturated carbocycles. The fourth-order valence-corrected chi connectivity index (χ4v) is 3.07. The molecule has 0 aliphatic carbocycles. The van der Waals surface area contributed by atoms with E-state index < -0.39 is 5.97 Å². The molecular formula is C26H24N2O5. The zero-order chi connectivity index (χ0) is 23.2. The standard InChI is InChI=1S/C26H24N2O5/c1-18-10-4-6-12-21(18)31-19(2)25(29)32-24-15-9-8-14-23(24)30-17-16-28(3)26-27-20-11-5-7-13-22(20)33-26/h4-15H,2,16-17H2,1,3H3. The number of rotatable bonds is 9. The molecule has 1 aromatic heterocycles. The van der Waals surface area contributed by atoms with Gasteiger partial charge in [-0.15, -0.1) is 0 Å². The molecule has 0 saturated heterocycles. The van der Waals surface area contributed by atoms with Gasteiger partial charge in [0.1, 0.15) is 17.9 Å². The van der Waals surface area contributed by atoms with Crippen LogP contribution in [0, 0.1) is 6.92 Å². The summed E-state index contributed by atoms with van der Waals surface area (Å²) in [7, 11) is 1.87. The second-order valence-corrected chi connectivity index (χ2v) is 7.36. The number of likely N-dealkylation sites (N-methyl/N-ethyl adjacent to an activating group) is 1. The minimum absolute atomic E-state index is 0.116. The Bertz CT molecular complexity index is 1250. The van der Waals surface area contributed by atoms with Crippen LogP contribution in [-0.2, 0) is 4.79 Å². The molecule has 33 heavy (non-hydrogen) atoms. The molecule has 4 rings (SSSR count). The Labute approximate surface area is 191 Å². The lowest BCUT2D eigenvalue weighted by molar-refractivity contribution is -0.132. The number of para-hydroxylation sites is 5. The Morgan fingerprint density at radius 1 is 0.939 bits per heavy atom. The number of aryl methyl sites for hydroxylation is 1. The first-order valence-electron chi connectivity index (χ1n) is 10.4. The largest absolute Gasteiger partial charge is 0.488 e. The van der Waals surface area contributed by atoms with E-state index >= 15 is 0 Å². The summed E-state index contributed by atoms with van der Waals surface area (Å²) in [6.45, 7) is 6.41. The van der Waals surface area contributed by atoms with Crippen molar-refractivity contribution in [2.75, 3.05) is 25.1 Å². The van der Waals surface area contributed by atoms with Gasteiger partial charge in [0.15, 0.2) is 17.1 Å². The first-order chi connectivity index (χ1) is 16.0. The summed E-state index contributed by atoms with van der Waals surface area (Å²) in [5.41, 5.74) is 2.41. The van der Waals surface area contributed by atoms with Gasteiger partial charge in [-0.1, -0.05) is 42.5 Å². The van der Waals surface area contributed by atoms with Gasteiger partial charge >= 0.3 is 5.97 Å². The number of hydrogen-bond acceptors (Lipinski definition) is 7. The Hall–Kier alpha value is -4.26. The predicted molar refractivity (Wildman–Crippen MR) is 126 cm³/mol. The van der Waals surface area contributed by atoms with Crippen LogP contribution < -0.4 is 19.1 Å². The van der Waals surface area contributed by atoms with Crippen LogP contribution in [0.2, 0.25) is 0 Å². The first kappa shape index (κ1) is 22.0. The fraction of sp³-hybridized carbons (Fsp3) is 0.154. The van der Waals surface area contributed by atoms with E-state index in [2.05, 4.69) is 11.6 Å². The second kappa shape index (κ2) is 9.91. The number of ether oxygens (including phenoxy) is 3. The number of aromatic nitrogens is 1. The molecule has 7 nitrogen and oxygen atoms in total. The Morgan fingerprint density at radius 2 is 1.61 bits per heavy atom. The Kier molecular flexibility index (Phi) is 6.59. The summed E-state index contributed by atoms with van der Waals surface area (Å²) in [6, 6.07) is 22.4. The number of carbonyl (C=O) groups excluding carboxylic acids is 1. The molecule has 0 radical (unpaired) electrons. The minimum atomic E-state index is -0.696. The summed E-state index contributed by atoms with van der Waals surface area (Å²) in [6.07, 6.45) is 0. The van der Waals surface area contributed by atoms with Crippen LogP contribution in [0.15, 0.2) is 89.6 Å². The van der Waals surface area contributed by atoms with Crippen molar-refractivity contribution in [3.05, 3.63) is 90.7 Å². The van der Waals surface area contributed by atoms with E-state index in [1.54, 1.807) is 30.3 Å². The average Bonchev–Trinajstić information content (AvgIpc) is 3.26. The molecule has 4 aromatic rings. The average molecular weight is 444 g/mol. The Balaban J connectivity index is 1.34. The monoisotopic (exact) mass is 444 g/mol. The Morgan fingerprint density at radius 3 is 2.36 bits per heavy atom. The second-order valence-electron chi connectivity index (χ2n) is 7.36. The molecule has 3 aromatic carbocycles. The normalized spacial score (nSPS) is 10.6. The van der Waals surface area contributed by atoms with Crippen LogP contribution in [-0.4, -0.2) is 31.2 Å². The molecule has 0 spiro atoms. The number of oxazole rings is 1. The third-order valence-corrected chi connectivity index (χ3v) is 4.90. The predicted octanol–water partition coefficient (Wildman–Crippen LogP) is 5.15. The number of anilines is 1. The van der Waals surface area contributed by atoms with Crippen LogP contribution in [0.25, 0.3) is 11.1 Å². The number of carbonyl (C=O) groups is 1. The van der Waals surface area contributed by atoms with Crippen molar-refractivity contribution in [2.45, 2.75) is 6.92 Å². The first-order valence-corrected chi connectivity index (χ1v) is 10.4. The van der Waals surface area contributed by atoms with Crippen LogP contribution >= 0.6 is 0 Å². The van der Waals surface area contributed by atoms with E-state index in [9.17, 15) is 4.79 Å². The van der Waals surface area contributed by atoms with Crippen LogP contribution in [0.1, 0.15) is 5.56 Å². The topological polar surface area (TPSA) is 74.0 Å². The van der Waals surface area contributed by atoms with Gasteiger partial charge in [0.05, 0.1) is 6.54 Å². The van der Waals surface area contributed by atoms with Crippen LogP contribution in [0.3, 0.4) is 0 Å². The van der Waals surface area contributed by atoms with Gasteiger partial charge in [0.25, 0.3) is 6.01 Å². The SMILES string of the molecule is C=C(Oc1ccccc1C)C(=O)Oc1ccccc1OCCN(C)c1nc2ccccc2o1. The van der Waals surface area contributed by atoms with Crippen molar-refractivity contribution in [2.24, 2.45) is 0 Å². The quantitative estimate of drug-likeness (QED) is 0.153. The lowest BCUT2D eigenvalue weighted by atomic mass is 10.2. The van der Waals surface area contributed by atoms with Crippen LogP contribution in [0.4, 0.5) is 6.01 Å². The molecule has 168 valence electrons. The minimum Gasteiger partial charge on any atom is -0.488 e. The van der Waals surface area contributed by atoms with Gasteiger partial charge in [-0.3, -0.25) is 0 Å². The summed E-state index contributed by atoms with van der Waals surface area (Å²) in [4.78, 5) is 18.8. The molecular weight excluding hydrogens is 420 g/mol. The molecule has 7 heteroatoms. The molecule has 0 bridgehead atoms. The van der Waals surface area contributed by atoms with Crippen LogP contribution in [0.5, 0.6) is 17.2 Å². The summed E-state index contributed by atoms with van der Waals surface area (Å²) < 4.78 is 22.7. The molecule has 1 heterocycles. The highest BCUT2D eigenvalue weighted by Gasteiger charge is 2.17. The maximum Gasteiger partial charge on any atom is 0.379 e. The fourth-order valence-electron chi connectivity index (χ4n) is 3.07. The maximum atomic E-state index is 12.5. The van der Waals surface area contributed by atoms with Crippen molar-refractivity contribution in [3.8, 4) is 17.2 Å². The number of benzene rings is 3. The van der Waals surface area contributed by atoms with Gasteiger partial charge in [-0.2, -0.15) is 4.98 Å². The van der Waals surface area contributed by atoms with Gasteiger partial charge in [-0.25, -0.2) is 4.79 Å². The van der Waals surface area contributed by atoms with Crippen molar-refractivity contribution < 1.29 is 23.4 Å². The van der Waals surface area contributed by atoms with Crippen molar-refractivity contribution in [1.29, 1.82) is 0 Å². The highest BCUT2D eigenvalue weighted by molar-refractivity contribution is 5.88. The molecule has 0 aliphatic rings. The van der Waals surface area contributed by atoms with Gasteiger partial charge in [-0.05, 0) is 49.4 Å². The summed E-state index contributed by atoms with van der Waals surface area (Å²) in [5, 5.41) is 0. The van der Waals surface area contributed by atoms with Gasteiger partial charge < -0.3 is 23.5 Å². The number of hydrogen-bond donors (Lipinski definition) is 0. The van der Waals surface area contributed by atoms with E-state index in [1.807, 2.05) is 61.3 Å². The third-order valence-electron chi connectivity index (χ3n) is 4.90. The highest BCUT2D eigenvalue weighted by Crippen LogP contribution is 2.28. The smallest absolute Gasteiger partial charge is 0.379 e. The van der Waals surface area contributed by atoms with E-state index in [1.165, 1.54) is 0 Å². The summed E-state index contributed by atoms with van der Waals surface area (Å²) in [5.74, 6) is 0.445. The molecule has 0 aliphatic heterocycles. The highest BCUT2D eigenvalue weighted by atomic mass is 16.6. The molecule has 0 amide bonds. The number of nitrogens with zero attached hydrogens (tertiary/aromatic N) is 2. The van der Waals surface area contributed by atoms with Gasteiger partial charge in [0, 0.05) is 7.05 Å². The molecule has 0 fully saturated rings. The number of esters is 1. The van der Waals surface area contributed by atoms with E-state index in [0.717, 1.165) is 16.7 Å². The lowest BCUT2D eigenvalue weighted by Crippen LogP contribution is -2.24. The van der Waals surface area contributed by atoms with E-state index in [4.69, 9.17) is 18.6 Å². The zero-order valence-electron chi connectivity index (χ0n) is 18.5. The lowest BCUT2D eigenvalue weighted by Gasteiger charge is -2.16. The maximum absolute atomic E-state index is 12.5. The van der Waals surface area contributed by atoms with E-state index in [0.29, 0.717) is 30.7 Å². The zero-order valence-corrected chi connectivity index (χ0v) is 18.5. The van der Waals surface area contributed by atoms with Crippen molar-refractivity contribution in [3.63, 3.8) is 0 Å². The van der Waals surface area contributed by atoms with Crippen molar-refractivity contribution in [1.82, 2.24) is 4.98 Å². The third kappa shape index (κ3) is 5.33. The molecule has 0 N–H and O–H groups in total. The van der Waals surface area contributed by atoms with Crippen molar-refractivity contribution >= 4 is 23.1 Å². The molecule has 0 atom stereocenters.